The molecule has 4 heteroatoms. The number of aliphatic hydroxyl groups excluding tert-OH is 2. The van der Waals surface area contributed by atoms with Crippen LogP contribution in [0.5, 0.6) is 0 Å². The molecule has 0 aromatic heterocycles. The summed E-state index contributed by atoms with van der Waals surface area (Å²) >= 11 is 0. The lowest BCUT2D eigenvalue weighted by Crippen LogP contribution is -2.36. The second-order valence-corrected chi connectivity index (χ2v) is 14.6. The lowest BCUT2D eigenvalue weighted by atomic mass is 9.69. The van der Waals surface area contributed by atoms with E-state index in [4.69, 9.17) is 9.47 Å². The molecule has 0 amide bonds. The van der Waals surface area contributed by atoms with Gasteiger partial charge in [-0.05, 0) is 93.1 Å². The molecule has 49 heavy (non-hydrogen) atoms. The summed E-state index contributed by atoms with van der Waals surface area (Å²) in [5.41, 5.74) is 6.59. The van der Waals surface area contributed by atoms with Crippen LogP contribution in [0.25, 0.3) is 0 Å². The van der Waals surface area contributed by atoms with Gasteiger partial charge in [-0.1, -0.05) is 134 Å². The number of aliphatic hydroxyl groups is 2. The van der Waals surface area contributed by atoms with Gasteiger partial charge in [-0.3, -0.25) is 0 Å². The maximum Gasteiger partial charge on any atom is 0.143 e. The van der Waals surface area contributed by atoms with Crippen molar-refractivity contribution in [2.24, 2.45) is 17.3 Å². The van der Waals surface area contributed by atoms with E-state index in [-0.39, 0.29) is 11.8 Å². The first-order chi connectivity index (χ1) is 23.6. The van der Waals surface area contributed by atoms with Crippen molar-refractivity contribution in [1.29, 1.82) is 0 Å². The highest BCUT2D eigenvalue weighted by molar-refractivity contribution is 5.47. The van der Waals surface area contributed by atoms with Crippen LogP contribution < -0.4 is 0 Å². The summed E-state index contributed by atoms with van der Waals surface area (Å²) in [6.07, 6.45) is 10.6. The van der Waals surface area contributed by atoms with Crippen LogP contribution >= 0.6 is 0 Å². The zero-order valence-corrected chi connectivity index (χ0v) is 30.4. The van der Waals surface area contributed by atoms with Crippen molar-refractivity contribution in [1.82, 2.24) is 0 Å². The van der Waals surface area contributed by atoms with Gasteiger partial charge in [0.2, 0.25) is 0 Å². The number of ether oxygens (including phenoxy) is 2. The topological polar surface area (TPSA) is 58.9 Å². The Hall–Kier alpha value is -3.70. The lowest BCUT2D eigenvalue weighted by Gasteiger charge is -2.38. The molecule has 2 N–H and O–H groups in total. The molecule has 3 aromatic rings. The molecule has 0 aliphatic heterocycles. The van der Waals surface area contributed by atoms with Crippen molar-refractivity contribution in [3.8, 4) is 0 Å². The Morgan fingerprint density at radius 2 is 1.31 bits per heavy atom. The van der Waals surface area contributed by atoms with Crippen LogP contribution in [0.2, 0.25) is 0 Å². The van der Waals surface area contributed by atoms with E-state index in [2.05, 4.69) is 119 Å². The molecule has 0 saturated heterocycles. The number of hydrogen-bond acceptors (Lipinski definition) is 4. The Labute approximate surface area is 294 Å². The first kappa shape index (κ1) is 36.6. The molecule has 260 valence electrons. The summed E-state index contributed by atoms with van der Waals surface area (Å²) in [5.74, 6) is 0.585. The highest BCUT2D eigenvalue weighted by Crippen LogP contribution is 2.54. The molecule has 0 bridgehead atoms. The van der Waals surface area contributed by atoms with Crippen molar-refractivity contribution in [2.75, 3.05) is 13.7 Å². The predicted molar refractivity (Wildman–Crippen MR) is 201 cm³/mol. The monoisotopic (exact) mass is 660 g/mol. The number of fused-ring (bicyclic) bond motifs is 1. The zero-order valence-electron chi connectivity index (χ0n) is 30.4. The summed E-state index contributed by atoms with van der Waals surface area (Å²) in [4.78, 5) is 0. The van der Waals surface area contributed by atoms with E-state index in [1.807, 2.05) is 25.1 Å². The molecular formula is C45H56O4. The van der Waals surface area contributed by atoms with Gasteiger partial charge in [0.1, 0.15) is 17.5 Å². The third kappa shape index (κ3) is 7.88. The summed E-state index contributed by atoms with van der Waals surface area (Å²) < 4.78 is 13.4. The molecule has 0 heterocycles. The average Bonchev–Trinajstić information content (AvgIpc) is 3.34. The van der Waals surface area contributed by atoms with E-state index in [0.717, 1.165) is 53.5 Å². The van der Waals surface area contributed by atoms with E-state index in [9.17, 15) is 10.2 Å². The Morgan fingerprint density at radius 1 is 0.776 bits per heavy atom. The minimum absolute atomic E-state index is 0.00758. The second-order valence-electron chi connectivity index (χ2n) is 14.6. The number of benzene rings is 3. The SMILES string of the molecule is COC1=C([C@H](C)COC(c2ccccc2)(c2ccccc2)c2ccccc2)[C@H]2C/C=C(\C)[C@@H](O)CC/C(C)=C/CC/C(C)=C/C[C@]2(C)[C@@H]1O. The molecule has 0 fully saturated rings. The molecule has 2 aliphatic rings. The van der Waals surface area contributed by atoms with Crippen LogP contribution in [0, 0.1) is 17.3 Å². The van der Waals surface area contributed by atoms with E-state index in [1.54, 1.807) is 7.11 Å². The first-order valence-electron chi connectivity index (χ1n) is 18.0. The van der Waals surface area contributed by atoms with Crippen molar-refractivity contribution in [2.45, 2.75) is 91.0 Å². The van der Waals surface area contributed by atoms with Crippen molar-refractivity contribution in [3.63, 3.8) is 0 Å². The minimum atomic E-state index is -0.846. The van der Waals surface area contributed by atoms with Gasteiger partial charge in [0.25, 0.3) is 0 Å². The van der Waals surface area contributed by atoms with Gasteiger partial charge in [-0.25, -0.2) is 0 Å². The molecule has 5 atom stereocenters. The third-order valence-corrected chi connectivity index (χ3v) is 11.1. The number of allylic oxidation sites excluding steroid dienone is 5. The van der Waals surface area contributed by atoms with Crippen LogP contribution in [0.4, 0.5) is 0 Å². The summed E-state index contributed by atoms with van der Waals surface area (Å²) in [7, 11) is 1.68. The van der Waals surface area contributed by atoms with Gasteiger partial charge >= 0.3 is 0 Å². The maximum atomic E-state index is 12.1. The zero-order chi connectivity index (χ0) is 35.0. The van der Waals surface area contributed by atoms with E-state index in [0.29, 0.717) is 25.2 Å². The van der Waals surface area contributed by atoms with Crippen LogP contribution in [0.3, 0.4) is 0 Å². The van der Waals surface area contributed by atoms with Crippen LogP contribution in [-0.2, 0) is 15.1 Å². The number of methoxy groups -OCH3 is 1. The highest BCUT2D eigenvalue weighted by atomic mass is 16.5. The fourth-order valence-electron chi connectivity index (χ4n) is 7.93. The fraction of sp³-hybridized carbons (Fsp3) is 0.422. The van der Waals surface area contributed by atoms with E-state index in [1.165, 1.54) is 11.1 Å². The molecule has 0 unspecified atom stereocenters. The molecule has 2 aliphatic carbocycles. The molecule has 4 nitrogen and oxygen atoms in total. The minimum Gasteiger partial charge on any atom is -0.498 e. The van der Waals surface area contributed by atoms with E-state index >= 15 is 0 Å². The Bertz CT molecular complexity index is 1540. The molecule has 0 spiro atoms. The predicted octanol–water partition coefficient (Wildman–Crippen LogP) is 10.1. The fourth-order valence-corrected chi connectivity index (χ4v) is 7.93. The average molecular weight is 661 g/mol. The Kier molecular flexibility index (Phi) is 12.2. The van der Waals surface area contributed by atoms with E-state index < -0.39 is 23.2 Å². The van der Waals surface area contributed by atoms with Gasteiger partial charge in [0.15, 0.2) is 0 Å². The standard InChI is InChI=1S/C45H56O4/c1-32-17-16-18-33(2)29-30-44(5)39(27-26-34(3)40(46)28-25-32)41(42(48-6)43(44)47)35(4)31-49-45(36-19-10-7-11-20-36,37-21-12-8-13-22-37)38-23-14-9-15-24-38/h7-15,17,19-24,26,29,35,39-40,43,46-47H,16,18,25,27-28,30-31H2,1-6H3/b32-17+,33-29+,34-26+/t35-,39-,40+,43-,44+/m1/s1. The normalized spacial score (nSPS) is 28.1. The first-order valence-corrected chi connectivity index (χ1v) is 18.0. The number of hydrogen-bond donors (Lipinski definition) is 2. The molecular weight excluding hydrogens is 604 g/mol. The molecule has 3 aromatic carbocycles. The smallest absolute Gasteiger partial charge is 0.143 e. The Balaban J connectivity index is 1.56. The third-order valence-electron chi connectivity index (χ3n) is 11.1. The maximum absolute atomic E-state index is 12.1. The lowest BCUT2D eigenvalue weighted by molar-refractivity contribution is -0.00305. The van der Waals surface area contributed by atoms with Crippen molar-refractivity contribution in [3.05, 3.63) is 154 Å². The number of rotatable bonds is 8. The van der Waals surface area contributed by atoms with Gasteiger partial charge in [0.05, 0.1) is 19.8 Å². The quantitative estimate of drug-likeness (QED) is 0.187. The highest BCUT2D eigenvalue weighted by Gasteiger charge is 2.52. The van der Waals surface area contributed by atoms with Crippen molar-refractivity contribution >= 4 is 0 Å². The molecule has 0 radical (unpaired) electrons. The Morgan fingerprint density at radius 3 is 1.84 bits per heavy atom. The van der Waals surface area contributed by atoms with Crippen molar-refractivity contribution < 1.29 is 19.7 Å². The van der Waals surface area contributed by atoms with Gasteiger partial charge < -0.3 is 19.7 Å². The van der Waals surface area contributed by atoms with Gasteiger partial charge in [-0.2, -0.15) is 0 Å². The second kappa shape index (κ2) is 16.3. The van der Waals surface area contributed by atoms with Gasteiger partial charge in [-0.15, -0.1) is 0 Å². The summed E-state index contributed by atoms with van der Waals surface area (Å²) in [6, 6.07) is 31.4. The van der Waals surface area contributed by atoms with Gasteiger partial charge in [0, 0.05) is 11.3 Å². The molecule has 0 saturated carbocycles. The van der Waals surface area contributed by atoms with Crippen LogP contribution in [0.15, 0.2) is 137 Å². The largest absolute Gasteiger partial charge is 0.498 e. The van der Waals surface area contributed by atoms with Crippen LogP contribution in [-0.4, -0.2) is 36.1 Å². The molecule has 5 rings (SSSR count). The summed E-state index contributed by atoms with van der Waals surface area (Å²) in [5, 5.41) is 23.2. The van der Waals surface area contributed by atoms with Crippen LogP contribution in [0.1, 0.15) is 89.8 Å². The summed E-state index contributed by atoms with van der Waals surface area (Å²) in [6.45, 7) is 11.2.